The van der Waals surface area contributed by atoms with Gasteiger partial charge in [0.1, 0.15) is 5.54 Å². The molecule has 1 fully saturated rings. The molecule has 2 rings (SSSR count). The average molecular weight is 261 g/mol. The number of rotatable bonds is 4. The largest absolute Gasteiger partial charge is 0.368 e. The second-order valence-corrected chi connectivity index (χ2v) is 5.82. The summed E-state index contributed by atoms with van der Waals surface area (Å²) < 4.78 is 0. The molecule has 0 bridgehead atoms. The highest BCUT2D eigenvalue weighted by atomic mass is 16.1. The van der Waals surface area contributed by atoms with E-state index < -0.39 is 11.4 Å². The molecule has 4 N–H and O–H groups in total. The monoisotopic (exact) mass is 261 g/mol. The summed E-state index contributed by atoms with van der Waals surface area (Å²) in [6.45, 7) is 5.86. The van der Waals surface area contributed by atoms with Crippen LogP contribution in [0.4, 0.5) is 0 Å². The smallest absolute Gasteiger partial charge is 0.243 e. The summed E-state index contributed by atoms with van der Waals surface area (Å²) in [5.41, 5.74) is 11.6. The standard InChI is InChI=1S/C15H23N3O/c1-11-8-12(2)18(9-11)10-15(17,14(16)19)13-6-4-3-5-7-13/h3-7,11-12H,8-10,17H2,1-2H3,(H2,16,19). The summed E-state index contributed by atoms with van der Waals surface area (Å²) in [7, 11) is 0. The van der Waals surface area contributed by atoms with E-state index in [0.29, 0.717) is 18.5 Å². The van der Waals surface area contributed by atoms with Gasteiger partial charge in [0.25, 0.3) is 0 Å². The van der Waals surface area contributed by atoms with E-state index in [9.17, 15) is 4.79 Å². The van der Waals surface area contributed by atoms with Gasteiger partial charge in [-0.05, 0) is 24.8 Å². The molecule has 0 radical (unpaired) electrons. The zero-order chi connectivity index (χ0) is 14.0. The van der Waals surface area contributed by atoms with Crippen LogP contribution in [0.2, 0.25) is 0 Å². The number of hydrogen-bond donors (Lipinski definition) is 2. The van der Waals surface area contributed by atoms with Crippen molar-refractivity contribution in [3.8, 4) is 0 Å². The number of carbonyl (C=O) groups is 1. The van der Waals surface area contributed by atoms with Gasteiger partial charge < -0.3 is 11.5 Å². The minimum absolute atomic E-state index is 0.445. The number of primary amides is 1. The summed E-state index contributed by atoms with van der Waals surface area (Å²) >= 11 is 0. The lowest BCUT2D eigenvalue weighted by atomic mass is 9.89. The summed E-state index contributed by atoms with van der Waals surface area (Å²) in [6.07, 6.45) is 1.14. The topological polar surface area (TPSA) is 72.3 Å². The van der Waals surface area contributed by atoms with Crippen molar-refractivity contribution in [2.45, 2.75) is 31.8 Å². The summed E-state index contributed by atoms with van der Waals surface area (Å²) in [6, 6.07) is 9.86. The molecule has 0 aromatic heterocycles. The van der Waals surface area contributed by atoms with E-state index in [1.54, 1.807) is 0 Å². The predicted octanol–water partition coefficient (Wildman–Crippen LogP) is 1.06. The Bertz CT molecular complexity index is 448. The zero-order valence-electron chi connectivity index (χ0n) is 11.7. The number of likely N-dealkylation sites (tertiary alicyclic amines) is 1. The van der Waals surface area contributed by atoms with Crippen LogP contribution in [0.15, 0.2) is 30.3 Å². The number of hydrogen-bond acceptors (Lipinski definition) is 3. The highest BCUT2D eigenvalue weighted by molar-refractivity contribution is 5.86. The Kier molecular flexibility index (Phi) is 3.92. The van der Waals surface area contributed by atoms with Crippen LogP contribution < -0.4 is 11.5 Å². The Morgan fingerprint density at radius 2 is 2.00 bits per heavy atom. The quantitative estimate of drug-likeness (QED) is 0.851. The minimum atomic E-state index is -1.11. The lowest BCUT2D eigenvalue weighted by Gasteiger charge is -2.33. The molecule has 104 valence electrons. The predicted molar refractivity (Wildman–Crippen MR) is 76.3 cm³/mol. The molecule has 1 aromatic carbocycles. The van der Waals surface area contributed by atoms with Gasteiger partial charge in [0.05, 0.1) is 0 Å². The Morgan fingerprint density at radius 3 is 2.47 bits per heavy atom. The molecule has 19 heavy (non-hydrogen) atoms. The highest BCUT2D eigenvalue weighted by Gasteiger charge is 2.39. The van der Waals surface area contributed by atoms with E-state index in [-0.39, 0.29) is 0 Å². The molecule has 0 saturated carbocycles. The first-order valence-corrected chi connectivity index (χ1v) is 6.82. The molecule has 3 unspecified atom stereocenters. The van der Waals surface area contributed by atoms with Gasteiger partial charge in [-0.1, -0.05) is 37.3 Å². The van der Waals surface area contributed by atoms with Crippen LogP contribution in [-0.2, 0) is 10.3 Å². The molecule has 1 aliphatic heterocycles. The summed E-state index contributed by atoms with van der Waals surface area (Å²) in [4.78, 5) is 14.1. The molecule has 1 heterocycles. The molecule has 0 aliphatic carbocycles. The first kappa shape index (κ1) is 14.0. The van der Waals surface area contributed by atoms with Crippen LogP contribution in [0.25, 0.3) is 0 Å². The van der Waals surface area contributed by atoms with Crippen LogP contribution in [0.3, 0.4) is 0 Å². The van der Waals surface area contributed by atoms with E-state index in [0.717, 1.165) is 18.5 Å². The molecule has 4 heteroatoms. The third-order valence-electron chi connectivity index (χ3n) is 4.09. The van der Waals surface area contributed by atoms with Crippen molar-refractivity contribution in [3.63, 3.8) is 0 Å². The van der Waals surface area contributed by atoms with Crippen molar-refractivity contribution in [3.05, 3.63) is 35.9 Å². The van der Waals surface area contributed by atoms with Gasteiger partial charge in [0, 0.05) is 19.1 Å². The second kappa shape index (κ2) is 5.31. The van der Waals surface area contributed by atoms with Gasteiger partial charge >= 0.3 is 0 Å². The molecule has 0 spiro atoms. The molecule has 3 atom stereocenters. The van der Waals surface area contributed by atoms with E-state index in [1.807, 2.05) is 30.3 Å². The van der Waals surface area contributed by atoms with Gasteiger partial charge in [-0.2, -0.15) is 0 Å². The van der Waals surface area contributed by atoms with Crippen molar-refractivity contribution in [1.29, 1.82) is 0 Å². The zero-order valence-corrected chi connectivity index (χ0v) is 11.7. The third-order valence-corrected chi connectivity index (χ3v) is 4.09. The van der Waals surface area contributed by atoms with Crippen LogP contribution in [0.5, 0.6) is 0 Å². The lowest BCUT2D eigenvalue weighted by molar-refractivity contribution is -0.124. The third kappa shape index (κ3) is 2.80. The minimum Gasteiger partial charge on any atom is -0.368 e. The molecule has 1 amide bonds. The maximum atomic E-state index is 11.9. The van der Waals surface area contributed by atoms with E-state index in [4.69, 9.17) is 11.5 Å². The molecule has 1 aliphatic rings. The number of nitrogens with zero attached hydrogens (tertiary/aromatic N) is 1. The van der Waals surface area contributed by atoms with Crippen molar-refractivity contribution in [2.75, 3.05) is 13.1 Å². The van der Waals surface area contributed by atoms with Crippen LogP contribution >= 0.6 is 0 Å². The number of benzene rings is 1. The molecule has 4 nitrogen and oxygen atoms in total. The molecule has 1 aromatic rings. The van der Waals surface area contributed by atoms with Gasteiger partial charge in [-0.3, -0.25) is 9.69 Å². The van der Waals surface area contributed by atoms with Gasteiger partial charge in [0.2, 0.25) is 5.91 Å². The van der Waals surface area contributed by atoms with Crippen LogP contribution in [0.1, 0.15) is 25.8 Å². The van der Waals surface area contributed by atoms with Crippen molar-refractivity contribution in [1.82, 2.24) is 4.90 Å². The molecule has 1 saturated heterocycles. The SMILES string of the molecule is CC1CC(C)N(CC(N)(C(N)=O)c2ccccc2)C1. The second-order valence-electron chi connectivity index (χ2n) is 5.82. The van der Waals surface area contributed by atoms with Crippen molar-refractivity contribution >= 4 is 5.91 Å². The maximum absolute atomic E-state index is 11.9. The average Bonchev–Trinajstić information content (AvgIpc) is 2.68. The first-order valence-electron chi connectivity index (χ1n) is 6.82. The molecular formula is C15H23N3O. The summed E-state index contributed by atoms with van der Waals surface area (Å²) in [5, 5.41) is 0. The first-order chi connectivity index (χ1) is 8.93. The number of amides is 1. The highest BCUT2D eigenvalue weighted by Crippen LogP contribution is 2.27. The maximum Gasteiger partial charge on any atom is 0.243 e. The van der Waals surface area contributed by atoms with Gasteiger partial charge in [-0.25, -0.2) is 0 Å². The van der Waals surface area contributed by atoms with E-state index >= 15 is 0 Å². The Hall–Kier alpha value is -1.39. The van der Waals surface area contributed by atoms with Crippen molar-refractivity contribution < 1.29 is 4.79 Å². The van der Waals surface area contributed by atoms with Crippen molar-refractivity contribution in [2.24, 2.45) is 17.4 Å². The van der Waals surface area contributed by atoms with Gasteiger partial charge in [0.15, 0.2) is 0 Å². The Morgan fingerprint density at radius 1 is 1.37 bits per heavy atom. The fraction of sp³-hybridized carbons (Fsp3) is 0.533. The normalized spacial score (nSPS) is 27.1. The van der Waals surface area contributed by atoms with Crippen LogP contribution in [-0.4, -0.2) is 29.9 Å². The van der Waals surface area contributed by atoms with E-state index in [1.165, 1.54) is 0 Å². The fourth-order valence-electron chi connectivity index (χ4n) is 2.97. The lowest BCUT2D eigenvalue weighted by Crippen LogP contribution is -2.56. The number of nitrogens with two attached hydrogens (primary N) is 2. The summed E-state index contributed by atoms with van der Waals surface area (Å²) in [5.74, 6) is 0.174. The van der Waals surface area contributed by atoms with Crippen LogP contribution in [0, 0.1) is 5.92 Å². The Labute approximate surface area is 114 Å². The number of carbonyl (C=O) groups excluding carboxylic acids is 1. The van der Waals surface area contributed by atoms with Gasteiger partial charge in [-0.15, -0.1) is 0 Å². The molecular weight excluding hydrogens is 238 g/mol. The Balaban J connectivity index is 2.24. The van der Waals surface area contributed by atoms with E-state index in [2.05, 4.69) is 18.7 Å². The fourth-order valence-corrected chi connectivity index (χ4v) is 2.97.